The summed E-state index contributed by atoms with van der Waals surface area (Å²) in [5, 5.41) is 38.3. The van der Waals surface area contributed by atoms with Crippen LogP contribution in [-0.2, 0) is 30.6 Å². The first-order chi connectivity index (χ1) is 27.2. The van der Waals surface area contributed by atoms with Crippen LogP contribution in [0.1, 0.15) is 54.2 Å². The Morgan fingerprint density at radius 1 is 0.351 bits per heavy atom. The van der Waals surface area contributed by atoms with E-state index in [0.29, 0.717) is 33.9 Å². The zero-order valence-electron chi connectivity index (χ0n) is 32.4. The number of carboxylic acid groups (broad SMARTS) is 3. The van der Waals surface area contributed by atoms with Gasteiger partial charge in [0.1, 0.15) is 33.5 Å². The minimum absolute atomic E-state index is 0.214. The third-order valence-electron chi connectivity index (χ3n) is 11.8. The van der Waals surface area contributed by atoms with E-state index in [4.69, 9.17) is 14.2 Å². The van der Waals surface area contributed by atoms with Crippen LogP contribution >= 0.6 is 0 Å². The van der Waals surface area contributed by atoms with Crippen molar-refractivity contribution in [2.75, 3.05) is 21.3 Å². The first-order valence-electron chi connectivity index (χ1n) is 18.3. The van der Waals surface area contributed by atoms with Crippen molar-refractivity contribution in [3.8, 4) is 17.2 Å². The maximum atomic E-state index is 13.7. The fourth-order valence-corrected chi connectivity index (χ4v) is 7.72. The van der Waals surface area contributed by atoms with Crippen LogP contribution in [0.2, 0.25) is 0 Å². The summed E-state index contributed by atoms with van der Waals surface area (Å²) in [4.78, 5) is 41.1. The average molecular weight is 763 g/mol. The van der Waals surface area contributed by atoms with Gasteiger partial charge in [0.2, 0.25) is 0 Å². The average Bonchev–Trinajstić information content (AvgIpc) is 3.23. The van der Waals surface area contributed by atoms with E-state index in [1.807, 2.05) is 54.6 Å². The lowest BCUT2D eigenvalue weighted by molar-refractivity contribution is -0.142. The molecule has 0 heterocycles. The molecule has 3 N–H and O–H groups in total. The topological polar surface area (TPSA) is 140 Å². The van der Waals surface area contributed by atoms with Crippen molar-refractivity contribution in [2.24, 2.45) is 0 Å². The lowest BCUT2D eigenvalue weighted by atomic mass is 9.67. The van der Waals surface area contributed by atoms with Gasteiger partial charge in [0.25, 0.3) is 0 Å². The van der Waals surface area contributed by atoms with Crippen LogP contribution in [0, 0.1) is 0 Å². The van der Waals surface area contributed by atoms with Crippen LogP contribution in [0.15, 0.2) is 127 Å². The third-order valence-corrected chi connectivity index (χ3v) is 11.8. The van der Waals surface area contributed by atoms with E-state index in [0.717, 1.165) is 32.3 Å². The van der Waals surface area contributed by atoms with Crippen LogP contribution in [-0.4, -0.2) is 54.6 Å². The van der Waals surface area contributed by atoms with Gasteiger partial charge in [-0.2, -0.15) is 0 Å². The van der Waals surface area contributed by atoms with E-state index in [-0.39, 0.29) is 16.7 Å². The highest BCUT2D eigenvalue weighted by atomic mass is 16.5. The Balaban J connectivity index is 1.52. The summed E-state index contributed by atoms with van der Waals surface area (Å²) in [6.45, 7) is 4.68. The van der Waals surface area contributed by atoms with Crippen molar-refractivity contribution in [3.63, 3.8) is 0 Å². The summed E-state index contributed by atoms with van der Waals surface area (Å²) < 4.78 is 16.2. The number of ether oxygens (including phenoxy) is 3. The van der Waals surface area contributed by atoms with E-state index in [1.165, 1.54) is 0 Å². The minimum Gasteiger partial charge on any atom is -0.497 e. The molecular weight excluding hydrogens is 721 g/mol. The Hall–Kier alpha value is -6.87. The SMILES string of the molecule is COc1ccc2cc(C(C)(C(=O)O)c3cc(C(C)(C(=O)O)c4ccc5cc(OC)ccc5c4)cc(C(C)(C(=O)O)c4ccc5cc(OC)ccc5c4)c3)ccc2c1. The molecule has 0 amide bonds. The Labute approximate surface area is 329 Å². The fraction of sp³-hybridized carbons (Fsp3) is 0.188. The normalized spacial score (nSPS) is 14.6. The number of fused-ring (bicyclic) bond motifs is 3. The molecule has 0 saturated heterocycles. The molecule has 9 heteroatoms. The molecule has 0 aliphatic rings. The molecule has 7 aromatic rings. The first kappa shape index (κ1) is 38.4. The van der Waals surface area contributed by atoms with Crippen molar-refractivity contribution in [3.05, 3.63) is 161 Å². The van der Waals surface area contributed by atoms with Crippen LogP contribution in [0.25, 0.3) is 32.3 Å². The van der Waals surface area contributed by atoms with E-state index in [1.54, 1.807) is 115 Å². The zero-order valence-corrected chi connectivity index (χ0v) is 32.4. The Kier molecular flexibility index (Phi) is 9.65. The highest BCUT2D eigenvalue weighted by Gasteiger charge is 2.45. The Morgan fingerprint density at radius 2 is 0.579 bits per heavy atom. The van der Waals surface area contributed by atoms with Gasteiger partial charge in [-0.05, 0) is 141 Å². The molecule has 0 aromatic heterocycles. The molecule has 7 rings (SSSR count). The number of hydrogen-bond donors (Lipinski definition) is 3. The predicted octanol–water partition coefficient (Wildman–Crippen LogP) is 9.34. The Bertz CT molecular complexity index is 2440. The van der Waals surface area contributed by atoms with Crippen molar-refractivity contribution in [1.29, 1.82) is 0 Å². The largest absolute Gasteiger partial charge is 0.497 e. The molecule has 57 heavy (non-hydrogen) atoms. The van der Waals surface area contributed by atoms with Crippen molar-refractivity contribution >= 4 is 50.2 Å². The molecule has 3 atom stereocenters. The first-order valence-corrected chi connectivity index (χ1v) is 18.3. The monoisotopic (exact) mass is 762 g/mol. The molecular formula is C48H42O9. The van der Waals surface area contributed by atoms with E-state index < -0.39 is 34.2 Å². The second kappa shape index (κ2) is 14.3. The summed E-state index contributed by atoms with van der Waals surface area (Å²) in [5.41, 5.74) is -3.39. The molecule has 0 bridgehead atoms. The molecule has 0 fully saturated rings. The van der Waals surface area contributed by atoms with Crippen molar-refractivity contribution < 1.29 is 43.9 Å². The van der Waals surface area contributed by atoms with E-state index in [9.17, 15) is 29.7 Å². The summed E-state index contributed by atoms with van der Waals surface area (Å²) in [5.74, 6) is -1.66. The maximum absolute atomic E-state index is 13.7. The van der Waals surface area contributed by atoms with Gasteiger partial charge in [0, 0.05) is 0 Å². The Morgan fingerprint density at radius 3 is 0.807 bits per heavy atom. The number of benzene rings is 7. The number of hydrogen-bond acceptors (Lipinski definition) is 6. The number of carboxylic acids is 3. The number of rotatable bonds is 12. The highest BCUT2D eigenvalue weighted by molar-refractivity contribution is 5.94. The summed E-state index contributed by atoms with van der Waals surface area (Å²) >= 11 is 0. The van der Waals surface area contributed by atoms with Crippen molar-refractivity contribution in [1.82, 2.24) is 0 Å². The van der Waals surface area contributed by atoms with E-state index in [2.05, 4.69) is 0 Å². The van der Waals surface area contributed by atoms with Crippen LogP contribution in [0.4, 0.5) is 0 Å². The molecule has 7 aromatic carbocycles. The van der Waals surface area contributed by atoms with Gasteiger partial charge in [-0.1, -0.05) is 72.8 Å². The van der Waals surface area contributed by atoms with Gasteiger partial charge in [-0.3, -0.25) is 14.4 Å². The van der Waals surface area contributed by atoms with Gasteiger partial charge in [-0.15, -0.1) is 0 Å². The van der Waals surface area contributed by atoms with Gasteiger partial charge in [-0.25, -0.2) is 0 Å². The number of carbonyl (C=O) groups is 3. The van der Waals surface area contributed by atoms with Gasteiger partial charge in [0.15, 0.2) is 0 Å². The molecule has 0 saturated carbocycles. The second-order valence-corrected chi connectivity index (χ2v) is 14.9. The standard InChI is InChI=1S/C48H42O9/c1-46(43(49)50,34-13-7-31-22-40(55-4)16-10-28(31)19-34)37-25-38(47(2,44(51)52)35-14-8-32-23-41(56-5)17-11-29(32)20-35)27-39(26-37)48(3,45(53)54)36-15-9-33-24-42(57-6)18-12-30(33)21-36/h7-27H,1-6H3,(H,49,50)(H,51,52)(H,53,54). The van der Waals surface area contributed by atoms with Crippen LogP contribution < -0.4 is 14.2 Å². The van der Waals surface area contributed by atoms with Gasteiger partial charge < -0.3 is 29.5 Å². The number of aliphatic carboxylic acids is 3. The summed E-state index contributed by atoms with van der Waals surface area (Å²) in [6, 6.07) is 37.2. The molecule has 0 spiro atoms. The van der Waals surface area contributed by atoms with Crippen LogP contribution in [0.3, 0.4) is 0 Å². The fourth-order valence-electron chi connectivity index (χ4n) is 7.72. The van der Waals surface area contributed by atoms with E-state index >= 15 is 0 Å². The van der Waals surface area contributed by atoms with Gasteiger partial charge in [0.05, 0.1) is 21.3 Å². The van der Waals surface area contributed by atoms with Crippen molar-refractivity contribution in [2.45, 2.75) is 37.0 Å². The quantitative estimate of drug-likeness (QED) is 0.111. The van der Waals surface area contributed by atoms with Crippen LogP contribution in [0.5, 0.6) is 17.2 Å². The predicted molar refractivity (Wildman–Crippen MR) is 220 cm³/mol. The maximum Gasteiger partial charge on any atom is 0.318 e. The third kappa shape index (κ3) is 6.35. The lowest BCUT2D eigenvalue weighted by Crippen LogP contribution is -2.39. The second-order valence-electron chi connectivity index (χ2n) is 14.9. The highest BCUT2D eigenvalue weighted by Crippen LogP contribution is 2.44. The molecule has 0 aliphatic carbocycles. The zero-order chi connectivity index (χ0) is 40.9. The molecule has 9 nitrogen and oxygen atoms in total. The number of methoxy groups -OCH3 is 3. The molecule has 0 radical (unpaired) electrons. The summed E-state index contributed by atoms with van der Waals surface area (Å²) in [6.07, 6.45) is 0. The molecule has 288 valence electrons. The minimum atomic E-state index is -1.77. The molecule has 3 unspecified atom stereocenters. The van der Waals surface area contributed by atoms with Gasteiger partial charge >= 0.3 is 17.9 Å². The smallest absolute Gasteiger partial charge is 0.318 e. The summed E-state index contributed by atoms with van der Waals surface area (Å²) in [7, 11) is 4.71. The molecule has 0 aliphatic heterocycles. The lowest BCUT2D eigenvalue weighted by Gasteiger charge is -2.34.